The van der Waals surface area contributed by atoms with E-state index in [2.05, 4.69) is 32.1 Å². The number of nitrogens with one attached hydrogen (secondary N) is 3. The van der Waals surface area contributed by atoms with Crippen molar-refractivity contribution >= 4 is 56.7 Å². The lowest BCUT2D eigenvalue weighted by molar-refractivity contribution is -0.121. The van der Waals surface area contributed by atoms with E-state index in [1.807, 2.05) is 0 Å². The number of hydrazine groups is 1. The van der Waals surface area contributed by atoms with Gasteiger partial charge in [-0.05, 0) is 58.0 Å². The molecule has 0 saturated heterocycles. The van der Waals surface area contributed by atoms with Crippen LogP contribution in [0.1, 0.15) is 15.9 Å². The Balaban J connectivity index is 1.80. The molecular formula is C16H13BrClN3O2S. The molecule has 2 rings (SSSR count). The lowest BCUT2D eigenvalue weighted by atomic mass is 10.1. The number of benzene rings is 2. The molecule has 0 fully saturated rings. The van der Waals surface area contributed by atoms with Crippen LogP contribution in [0.4, 0.5) is 0 Å². The molecule has 0 spiro atoms. The van der Waals surface area contributed by atoms with Crippen molar-refractivity contribution in [1.82, 2.24) is 16.2 Å². The van der Waals surface area contributed by atoms with Gasteiger partial charge in [0.15, 0.2) is 5.11 Å². The zero-order chi connectivity index (χ0) is 17.5. The number of rotatable bonds is 3. The maximum Gasteiger partial charge on any atom is 0.258 e. The highest BCUT2D eigenvalue weighted by molar-refractivity contribution is 9.10. The van der Waals surface area contributed by atoms with E-state index in [4.69, 9.17) is 23.8 Å². The summed E-state index contributed by atoms with van der Waals surface area (Å²) < 4.78 is 0.650. The van der Waals surface area contributed by atoms with Crippen molar-refractivity contribution in [3.63, 3.8) is 0 Å². The quantitative estimate of drug-likeness (QED) is 0.521. The normalized spacial score (nSPS) is 9.92. The van der Waals surface area contributed by atoms with Gasteiger partial charge in [0.2, 0.25) is 5.91 Å². The zero-order valence-corrected chi connectivity index (χ0v) is 15.5. The number of hydrogen-bond donors (Lipinski definition) is 3. The van der Waals surface area contributed by atoms with Gasteiger partial charge in [0.25, 0.3) is 5.91 Å². The van der Waals surface area contributed by atoms with Crippen molar-refractivity contribution in [2.45, 2.75) is 6.42 Å². The monoisotopic (exact) mass is 425 g/mol. The largest absolute Gasteiger partial charge is 0.298 e. The van der Waals surface area contributed by atoms with Gasteiger partial charge in [-0.25, -0.2) is 0 Å². The van der Waals surface area contributed by atoms with Crippen LogP contribution in [0.5, 0.6) is 0 Å². The van der Waals surface area contributed by atoms with E-state index in [0.717, 1.165) is 5.56 Å². The summed E-state index contributed by atoms with van der Waals surface area (Å²) in [6, 6.07) is 13.9. The van der Waals surface area contributed by atoms with Crippen LogP contribution < -0.4 is 16.2 Å². The fourth-order valence-corrected chi connectivity index (χ4v) is 2.54. The molecule has 0 heterocycles. The maximum atomic E-state index is 12.0. The molecule has 0 bridgehead atoms. The third-order valence-electron chi connectivity index (χ3n) is 2.94. The fourth-order valence-electron chi connectivity index (χ4n) is 1.81. The van der Waals surface area contributed by atoms with Gasteiger partial charge in [0, 0.05) is 9.50 Å². The molecule has 8 heteroatoms. The number of carbonyl (C=O) groups is 2. The molecule has 2 aromatic rings. The number of halogens is 2. The summed E-state index contributed by atoms with van der Waals surface area (Å²) in [5.41, 5.74) is 6.17. The van der Waals surface area contributed by atoms with E-state index < -0.39 is 0 Å². The van der Waals surface area contributed by atoms with Crippen molar-refractivity contribution < 1.29 is 9.59 Å². The van der Waals surface area contributed by atoms with Crippen molar-refractivity contribution in [1.29, 1.82) is 0 Å². The first kappa shape index (κ1) is 18.4. The summed E-state index contributed by atoms with van der Waals surface area (Å²) >= 11 is 14.1. The number of carbonyl (C=O) groups excluding carboxylic acids is 2. The van der Waals surface area contributed by atoms with Crippen LogP contribution in [-0.2, 0) is 11.2 Å². The molecule has 0 aliphatic heterocycles. The maximum absolute atomic E-state index is 12.0. The Morgan fingerprint density at radius 3 is 2.38 bits per heavy atom. The SMILES string of the molecule is O=C(Cc1ccc(Cl)cc1)NNC(=S)NC(=O)c1ccccc1Br. The van der Waals surface area contributed by atoms with E-state index >= 15 is 0 Å². The number of hydrogen-bond acceptors (Lipinski definition) is 3. The van der Waals surface area contributed by atoms with Gasteiger partial charge >= 0.3 is 0 Å². The van der Waals surface area contributed by atoms with Gasteiger partial charge in [-0.3, -0.25) is 25.8 Å². The average Bonchev–Trinajstić information content (AvgIpc) is 2.55. The van der Waals surface area contributed by atoms with Gasteiger partial charge in [0.05, 0.1) is 12.0 Å². The lowest BCUT2D eigenvalue weighted by Gasteiger charge is -2.11. The molecule has 0 radical (unpaired) electrons. The minimum absolute atomic E-state index is 0.000194. The molecular weight excluding hydrogens is 414 g/mol. The molecule has 3 N–H and O–H groups in total. The molecule has 0 aromatic heterocycles. The Labute approximate surface area is 157 Å². The third-order valence-corrected chi connectivity index (χ3v) is 4.09. The Morgan fingerprint density at radius 2 is 1.71 bits per heavy atom. The minimum Gasteiger partial charge on any atom is -0.298 e. The van der Waals surface area contributed by atoms with Crippen LogP contribution in [0, 0.1) is 0 Å². The Kier molecular flexibility index (Phi) is 6.72. The minimum atomic E-state index is -0.382. The second-order valence-corrected chi connectivity index (χ2v) is 6.44. The Morgan fingerprint density at radius 1 is 1.04 bits per heavy atom. The molecule has 5 nitrogen and oxygen atoms in total. The van der Waals surface area contributed by atoms with Gasteiger partial charge < -0.3 is 0 Å². The highest BCUT2D eigenvalue weighted by Crippen LogP contribution is 2.15. The summed E-state index contributed by atoms with van der Waals surface area (Å²) in [5, 5.41) is 3.09. The van der Waals surface area contributed by atoms with E-state index in [9.17, 15) is 9.59 Å². The predicted octanol–water partition coefficient (Wildman–Crippen LogP) is 2.98. The van der Waals surface area contributed by atoms with Gasteiger partial charge in [-0.1, -0.05) is 35.9 Å². The lowest BCUT2D eigenvalue weighted by Crippen LogP contribution is -2.48. The summed E-state index contributed by atoms with van der Waals surface area (Å²) in [6.45, 7) is 0. The van der Waals surface area contributed by atoms with Gasteiger partial charge in [-0.15, -0.1) is 0 Å². The first-order valence-electron chi connectivity index (χ1n) is 6.85. The van der Waals surface area contributed by atoms with Crippen LogP contribution in [0.2, 0.25) is 5.02 Å². The Hall–Kier alpha value is -1.96. The molecule has 0 aliphatic rings. The highest BCUT2D eigenvalue weighted by atomic mass is 79.9. The molecule has 0 aliphatic carbocycles. The smallest absolute Gasteiger partial charge is 0.258 e. The summed E-state index contributed by atoms with van der Waals surface area (Å²) in [7, 11) is 0. The number of amides is 2. The van der Waals surface area contributed by atoms with Crippen LogP contribution >= 0.6 is 39.7 Å². The number of thiocarbonyl (C=S) groups is 1. The fraction of sp³-hybridized carbons (Fsp3) is 0.0625. The zero-order valence-electron chi connectivity index (χ0n) is 12.3. The van der Waals surface area contributed by atoms with E-state index in [1.54, 1.807) is 48.5 Å². The summed E-state index contributed by atoms with van der Waals surface area (Å²) in [6.07, 6.45) is 0.158. The topological polar surface area (TPSA) is 70.2 Å². The van der Waals surface area contributed by atoms with Crippen LogP contribution in [-0.4, -0.2) is 16.9 Å². The van der Waals surface area contributed by atoms with Crippen molar-refractivity contribution in [3.8, 4) is 0 Å². The van der Waals surface area contributed by atoms with Gasteiger partial charge in [0.1, 0.15) is 0 Å². The second-order valence-electron chi connectivity index (χ2n) is 4.74. The van der Waals surface area contributed by atoms with Crippen LogP contribution in [0.3, 0.4) is 0 Å². The first-order valence-corrected chi connectivity index (χ1v) is 8.43. The third kappa shape index (κ3) is 5.59. The second kappa shape index (κ2) is 8.77. The standard InChI is InChI=1S/C16H13BrClN3O2S/c17-13-4-2-1-3-12(13)15(23)19-16(24)21-20-14(22)9-10-5-7-11(18)8-6-10/h1-8H,9H2,(H,20,22)(H2,19,21,23,24). The van der Waals surface area contributed by atoms with Gasteiger partial charge in [-0.2, -0.15) is 0 Å². The van der Waals surface area contributed by atoms with E-state index in [1.165, 1.54) is 0 Å². The molecule has 2 amide bonds. The van der Waals surface area contributed by atoms with Crippen LogP contribution in [0.25, 0.3) is 0 Å². The van der Waals surface area contributed by atoms with Crippen molar-refractivity contribution in [2.75, 3.05) is 0 Å². The molecule has 2 aromatic carbocycles. The molecule has 24 heavy (non-hydrogen) atoms. The molecule has 0 saturated carbocycles. The Bertz CT molecular complexity index is 768. The van der Waals surface area contributed by atoms with Crippen LogP contribution in [0.15, 0.2) is 53.0 Å². The summed E-state index contributed by atoms with van der Waals surface area (Å²) in [5.74, 6) is -0.679. The average molecular weight is 427 g/mol. The molecule has 0 unspecified atom stereocenters. The molecule has 124 valence electrons. The van der Waals surface area contributed by atoms with Crippen molar-refractivity contribution in [3.05, 3.63) is 69.2 Å². The summed E-state index contributed by atoms with van der Waals surface area (Å²) in [4.78, 5) is 23.9. The first-order chi connectivity index (χ1) is 11.5. The molecule has 0 atom stereocenters. The highest BCUT2D eigenvalue weighted by Gasteiger charge is 2.11. The van der Waals surface area contributed by atoms with Crippen molar-refractivity contribution in [2.24, 2.45) is 0 Å². The van der Waals surface area contributed by atoms with E-state index in [0.29, 0.717) is 15.1 Å². The van der Waals surface area contributed by atoms with E-state index in [-0.39, 0.29) is 23.3 Å². The predicted molar refractivity (Wildman–Crippen MR) is 101 cm³/mol.